The normalized spacial score (nSPS) is 18.9. The van der Waals surface area contributed by atoms with Gasteiger partial charge >= 0.3 is 0 Å². The van der Waals surface area contributed by atoms with Crippen molar-refractivity contribution in [1.82, 2.24) is 4.31 Å². The Balaban J connectivity index is 2.55. The first kappa shape index (κ1) is 18.3. The van der Waals surface area contributed by atoms with E-state index in [1.165, 1.54) is 12.1 Å². The average Bonchev–Trinajstić information content (AvgIpc) is 2.46. The van der Waals surface area contributed by atoms with Crippen LogP contribution in [0.4, 0.5) is 0 Å². The highest BCUT2D eigenvalue weighted by Gasteiger charge is 2.35. The second-order valence-electron chi connectivity index (χ2n) is 5.07. The van der Waals surface area contributed by atoms with Gasteiger partial charge in [-0.3, -0.25) is 0 Å². The van der Waals surface area contributed by atoms with Gasteiger partial charge in [0.15, 0.2) is 0 Å². The third kappa shape index (κ3) is 3.70. The van der Waals surface area contributed by atoms with Gasteiger partial charge in [-0.1, -0.05) is 23.7 Å². The lowest BCUT2D eigenvalue weighted by Crippen LogP contribution is -2.44. The number of hydrogen-bond acceptors (Lipinski definition) is 5. The van der Waals surface area contributed by atoms with Gasteiger partial charge in [0.05, 0.1) is 17.7 Å². The number of nitrogens with zero attached hydrogens (tertiary/aromatic N) is 3. The number of amidine groups is 1. The van der Waals surface area contributed by atoms with Gasteiger partial charge < -0.3 is 10.5 Å². The van der Waals surface area contributed by atoms with Crippen molar-refractivity contribution in [2.75, 3.05) is 6.61 Å². The fourth-order valence-corrected chi connectivity index (χ4v) is 4.28. The van der Waals surface area contributed by atoms with Crippen LogP contribution in [0.5, 0.6) is 0 Å². The Hall–Kier alpha value is -2.06. The molecule has 1 heterocycles. The third-order valence-electron chi connectivity index (χ3n) is 3.20. The molecular formula is C15H19ClN4O3S. The summed E-state index contributed by atoms with van der Waals surface area (Å²) in [6.45, 7) is 5.53. The zero-order valence-electron chi connectivity index (χ0n) is 13.6. The van der Waals surface area contributed by atoms with Gasteiger partial charge in [0, 0.05) is 5.70 Å². The van der Waals surface area contributed by atoms with Gasteiger partial charge in [0.1, 0.15) is 4.90 Å². The summed E-state index contributed by atoms with van der Waals surface area (Å²) in [5, 5.41) is 0.122. The van der Waals surface area contributed by atoms with Crippen LogP contribution in [0.3, 0.4) is 0 Å². The van der Waals surface area contributed by atoms with Crippen LogP contribution in [0.15, 0.2) is 50.9 Å². The van der Waals surface area contributed by atoms with E-state index in [1.807, 2.05) is 0 Å². The number of aliphatic imine (C=N–C) groups is 2. The molecule has 2 N–H and O–H groups in total. The lowest BCUT2D eigenvalue weighted by atomic mass is 10.2. The monoisotopic (exact) mass is 370 g/mol. The molecule has 0 amide bonds. The number of nitrogens with two attached hydrogens (primary N) is 1. The zero-order chi connectivity index (χ0) is 17.9. The maximum atomic E-state index is 13.1. The SMILES string of the molecule is CCOC(N)=NC1=NC(C)=CC(C)N1S(=O)(=O)c1ccccc1Cl. The quantitative estimate of drug-likeness (QED) is 0.652. The van der Waals surface area contributed by atoms with Crippen LogP contribution in [0.25, 0.3) is 0 Å². The van der Waals surface area contributed by atoms with Crippen molar-refractivity contribution in [2.45, 2.75) is 31.7 Å². The van der Waals surface area contributed by atoms with Crippen molar-refractivity contribution in [3.63, 3.8) is 0 Å². The highest BCUT2D eigenvalue weighted by atomic mass is 35.5. The Kier molecular flexibility index (Phi) is 5.51. The van der Waals surface area contributed by atoms with Gasteiger partial charge in [0.25, 0.3) is 16.0 Å². The van der Waals surface area contributed by atoms with Gasteiger partial charge in [-0.15, -0.1) is 0 Å². The number of rotatable bonds is 3. The summed E-state index contributed by atoms with van der Waals surface area (Å²) < 4.78 is 32.3. The first-order chi connectivity index (χ1) is 11.3. The predicted molar refractivity (Wildman–Crippen MR) is 94.4 cm³/mol. The van der Waals surface area contributed by atoms with Crippen molar-refractivity contribution in [3.8, 4) is 0 Å². The Morgan fingerprint density at radius 3 is 2.75 bits per heavy atom. The number of halogens is 1. The third-order valence-corrected chi connectivity index (χ3v) is 5.57. The number of ether oxygens (including phenoxy) is 1. The molecule has 1 aliphatic heterocycles. The molecule has 1 aromatic carbocycles. The van der Waals surface area contributed by atoms with Gasteiger partial charge in [-0.2, -0.15) is 4.99 Å². The van der Waals surface area contributed by atoms with Crippen LogP contribution in [-0.2, 0) is 14.8 Å². The summed E-state index contributed by atoms with van der Waals surface area (Å²) in [5.41, 5.74) is 6.30. The summed E-state index contributed by atoms with van der Waals surface area (Å²) in [6.07, 6.45) is 1.71. The lowest BCUT2D eigenvalue weighted by molar-refractivity contribution is 0.322. The second kappa shape index (κ2) is 7.23. The molecule has 1 aromatic rings. The van der Waals surface area contributed by atoms with Crippen LogP contribution < -0.4 is 5.73 Å². The van der Waals surface area contributed by atoms with Crippen LogP contribution in [0, 0.1) is 0 Å². The van der Waals surface area contributed by atoms with E-state index in [4.69, 9.17) is 22.1 Å². The summed E-state index contributed by atoms with van der Waals surface area (Å²) in [7, 11) is -3.97. The van der Waals surface area contributed by atoms with E-state index in [0.29, 0.717) is 12.3 Å². The molecule has 0 bridgehead atoms. The van der Waals surface area contributed by atoms with Crippen molar-refractivity contribution < 1.29 is 13.2 Å². The minimum atomic E-state index is -3.97. The smallest absolute Gasteiger partial charge is 0.289 e. The number of hydrogen-bond donors (Lipinski definition) is 1. The Bertz CT molecular complexity index is 818. The van der Waals surface area contributed by atoms with E-state index < -0.39 is 16.1 Å². The molecule has 0 aliphatic carbocycles. The molecule has 2 rings (SSSR count). The Labute approximate surface area is 146 Å². The fourth-order valence-electron chi connectivity index (χ4n) is 2.28. The highest BCUT2D eigenvalue weighted by Crippen LogP contribution is 2.28. The number of sulfonamides is 1. The summed E-state index contributed by atoms with van der Waals surface area (Å²) in [5.74, 6) is -0.0617. The van der Waals surface area contributed by atoms with Crippen molar-refractivity contribution in [1.29, 1.82) is 0 Å². The van der Waals surface area contributed by atoms with Gasteiger partial charge in [0.2, 0.25) is 5.96 Å². The fraction of sp³-hybridized carbons (Fsp3) is 0.333. The molecule has 1 aliphatic rings. The molecule has 0 saturated carbocycles. The van der Waals surface area contributed by atoms with Gasteiger partial charge in [-0.05, 0) is 39.0 Å². The van der Waals surface area contributed by atoms with Crippen LogP contribution >= 0.6 is 11.6 Å². The number of guanidine groups is 1. The van der Waals surface area contributed by atoms with E-state index in [0.717, 1.165) is 4.31 Å². The highest BCUT2D eigenvalue weighted by molar-refractivity contribution is 7.89. The van der Waals surface area contributed by atoms with E-state index in [9.17, 15) is 8.42 Å². The molecule has 130 valence electrons. The molecule has 0 radical (unpaired) electrons. The van der Waals surface area contributed by atoms with Crippen LogP contribution in [0.1, 0.15) is 20.8 Å². The molecule has 0 fully saturated rings. The molecule has 24 heavy (non-hydrogen) atoms. The standard InChI is InChI=1S/C15H19ClN4O3S/c1-4-23-14(17)19-15-18-10(2)9-11(3)20(15)24(21,22)13-8-6-5-7-12(13)16/h5-9,11H,4H2,1-3H3,(H2,17,18,19). The Morgan fingerprint density at radius 2 is 2.12 bits per heavy atom. The number of benzene rings is 1. The first-order valence-electron chi connectivity index (χ1n) is 7.30. The maximum Gasteiger partial charge on any atom is 0.289 e. The number of allylic oxidation sites excluding steroid dienone is 1. The minimum absolute atomic E-state index is 0.0237. The summed E-state index contributed by atoms with van der Waals surface area (Å²) in [6, 6.07) is 5.55. The summed E-state index contributed by atoms with van der Waals surface area (Å²) >= 11 is 6.06. The van der Waals surface area contributed by atoms with E-state index in [2.05, 4.69) is 9.98 Å². The van der Waals surface area contributed by atoms with Gasteiger partial charge in [-0.25, -0.2) is 17.7 Å². The van der Waals surface area contributed by atoms with E-state index in [1.54, 1.807) is 39.0 Å². The maximum absolute atomic E-state index is 13.1. The Morgan fingerprint density at radius 1 is 1.46 bits per heavy atom. The predicted octanol–water partition coefficient (Wildman–Crippen LogP) is 2.34. The first-order valence-corrected chi connectivity index (χ1v) is 9.12. The molecular weight excluding hydrogens is 352 g/mol. The molecule has 0 spiro atoms. The van der Waals surface area contributed by atoms with Crippen molar-refractivity contribution in [2.24, 2.45) is 15.7 Å². The summed E-state index contributed by atoms with van der Waals surface area (Å²) in [4.78, 5) is 8.18. The minimum Gasteiger partial charge on any atom is -0.465 e. The lowest BCUT2D eigenvalue weighted by Gasteiger charge is -2.30. The van der Waals surface area contributed by atoms with E-state index >= 15 is 0 Å². The molecule has 7 nitrogen and oxygen atoms in total. The van der Waals surface area contributed by atoms with E-state index in [-0.39, 0.29) is 21.9 Å². The largest absolute Gasteiger partial charge is 0.465 e. The molecule has 1 unspecified atom stereocenters. The second-order valence-corrected chi connectivity index (χ2v) is 7.27. The molecule has 0 saturated heterocycles. The molecule has 1 atom stereocenters. The zero-order valence-corrected chi connectivity index (χ0v) is 15.2. The van der Waals surface area contributed by atoms with Crippen LogP contribution in [0.2, 0.25) is 5.02 Å². The van der Waals surface area contributed by atoms with Crippen molar-refractivity contribution in [3.05, 3.63) is 41.1 Å². The topological polar surface area (TPSA) is 97.3 Å². The molecule has 9 heteroatoms. The average molecular weight is 371 g/mol. The van der Waals surface area contributed by atoms with Crippen molar-refractivity contribution >= 4 is 33.6 Å². The molecule has 0 aromatic heterocycles. The van der Waals surface area contributed by atoms with Crippen LogP contribution in [-0.4, -0.2) is 37.4 Å².